The first-order chi connectivity index (χ1) is 8.45. The van der Waals surface area contributed by atoms with E-state index in [0.717, 1.165) is 0 Å². The van der Waals surface area contributed by atoms with Crippen LogP contribution in [0.5, 0.6) is 0 Å². The SMILES string of the molecule is CCOC(=O)C(NC(C)C)c1ccc(Cl)cc1Cl. The molecule has 1 aromatic rings. The van der Waals surface area contributed by atoms with Crippen LogP contribution in [0.25, 0.3) is 0 Å². The minimum atomic E-state index is -0.574. The molecule has 0 saturated heterocycles. The van der Waals surface area contributed by atoms with E-state index >= 15 is 0 Å². The maximum absolute atomic E-state index is 11.9. The molecule has 0 bridgehead atoms. The van der Waals surface area contributed by atoms with Gasteiger partial charge in [-0.2, -0.15) is 0 Å². The Morgan fingerprint density at radius 1 is 1.39 bits per heavy atom. The van der Waals surface area contributed by atoms with E-state index in [1.807, 2.05) is 13.8 Å². The van der Waals surface area contributed by atoms with Gasteiger partial charge in [-0.3, -0.25) is 5.32 Å². The summed E-state index contributed by atoms with van der Waals surface area (Å²) in [4.78, 5) is 11.9. The van der Waals surface area contributed by atoms with Gasteiger partial charge < -0.3 is 4.74 Å². The minimum absolute atomic E-state index is 0.131. The number of halogens is 2. The van der Waals surface area contributed by atoms with E-state index in [0.29, 0.717) is 22.2 Å². The molecular weight excluding hydrogens is 273 g/mol. The first kappa shape index (κ1) is 15.3. The molecule has 0 spiro atoms. The fourth-order valence-corrected chi connectivity index (χ4v) is 2.10. The van der Waals surface area contributed by atoms with Crippen molar-refractivity contribution in [2.24, 2.45) is 0 Å². The van der Waals surface area contributed by atoms with Gasteiger partial charge in [0.05, 0.1) is 6.61 Å². The number of carbonyl (C=O) groups is 1. The van der Waals surface area contributed by atoms with E-state index < -0.39 is 6.04 Å². The van der Waals surface area contributed by atoms with Gasteiger partial charge in [0, 0.05) is 16.1 Å². The number of hydrogen-bond donors (Lipinski definition) is 1. The highest BCUT2D eigenvalue weighted by Gasteiger charge is 2.24. The Labute approximate surface area is 117 Å². The maximum atomic E-state index is 11.9. The van der Waals surface area contributed by atoms with E-state index in [1.54, 1.807) is 25.1 Å². The molecule has 100 valence electrons. The lowest BCUT2D eigenvalue weighted by Gasteiger charge is -2.21. The zero-order chi connectivity index (χ0) is 13.7. The first-order valence-electron chi connectivity index (χ1n) is 5.83. The van der Waals surface area contributed by atoms with Gasteiger partial charge in [0.2, 0.25) is 0 Å². The third-order valence-corrected chi connectivity index (χ3v) is 2.86. The Bertz CT molecular complexity index is 421. The molecule has 0 aliphatic rings. The molecule has 0 radical (unpaired) electrons. The summed E-state index contributed by atoms with van der Waals surface area (Å²) < 4.78 is 5.05. The normalized spacial score (nSPS) is 12.6. The van der Waals surface area contributed by atoms with Crippen molar-refractivity contribution >= 4 is 29.2 Å². The molecule has 1 unspecified atom stereocenters. The zero-order valence-electron chi connectivity index (χ0n) is 10.7. The summed E-state index contributed by atoms with van der Waals surface area (Å²) in [5.41, 5.74) is 0.674. The number of ether oxygens (including phenoxy) is 1. The van der Waals surface area contributed by atoms with Crippen LogP contribution in [0.4, 0.5) is 0 Å². The van der Waals surface area contributed by atoms with Crippen LogP contribution < -0.4 is 5.32 Å². The molecule has 18 heavy (non-hydrogen) atoms. The molecular formula is C13H17Cl2NO2. The van der Waals surface area contributed by atoms with E-state index in [-0.39, 0.29) is 12.0 Å². The Hall–Kier alpha value is -0.770. The van der Waals surface area contributed by atoms with Gasteiger partial charge in [0.1, 0.15) is 6.04 Å². The highest BCUT2D eigenvalue weighted by molar-refractivity contribution is 6.35. The van der Waals surface area contributed by atoms with E-state index in [1.165, 1.54) is 0 Å². The first-order valence-corrected chi connectivity index (χ1v) is 6.59. The molecule has 1 atom stereocenters. The molecule has 0 aromatic heterocycles. The molecule has 1 rings (SSSR count). The predicted octanol–water partition coefficient (Wildman–Crippen LogP) is 3.60. The van der Waals surface area contributed by atoms with Gasteiger partial charge >= 0.3 is 5.97 Å². The lowest BCUT2D eigenvalue weighted by Crippen LogP contribution is -2.35. The average Bonchev–Trinajstić information content (AvgIpc) is 2.26. The van der Waals surface area contributed by atoms with Gasteiger partial charge in [0.15, 0.2) is 0 Å². The summed E-state index contributed by atoms with van der Waals surface area (Å²) in [5.74, 6) is -0.338. The third-order valence-electron chi connectivity index (χ3n) is 2.30. The van der Waals surface area contributed by atoms with Crippen LogP contribution in [0.15, 0.2) is 18.2 Å². The van der Waals surface area contributed by atoms with Crippen LogP contribution in [0.3, 0.4) is 0 Å². The molecule has 0 aliphatic heterocycles. The molecule has 0 saturated carbocycles. The van der Waals surface area contributed by atoms with Crippen molar-refractivity contribution in [1.82, 2.24) is 5.32 Å². The number of nitrogens with one attached hydrogen (secondary N) is 1. The Morgan fingerprint density at radius 2 is 2.06 bits per heavy atom. The third kappa shape index (κ3) is 4.16. The van der Waals surface area contributed by atoms with Crippen molar-refractivity contribution in [1.29, 1.82) is 0 Å². The topological polar surface area (TPSA) is 38.3 Å². The fraction of sp³-hybridized carbons (Fsp3) is 0.462. The number of benzene rings is 1. The lowest BCUT2D eigenvalue weighted by atomic mass is 10.1. The van der Waals surface area contributed by atoms with E-state index in [4.69, 9.17) is 27.9 Å². The summed E-state index contributed by atoms with van der Waals surface area (Å²) in [6, 6.07) is 4.62. The van der Waals surface area contributed by atoms with Gasteiger partial charge in [0.25, 0.3) is 0 Å². The van der Waals surface area contributed by atoms with Crippen LogP contribution >= 0.6 is 23.2 Å². The monoisotopic (exact) mass is 289 g/mol. The molecule has 1 N–H and O–H groups in total. The molecule has 5 heteroatoms. The Balaban J connectivity index is 3.04. The maximum Gasteiger partial charge on any atom is 0.327 e. The van der Waals surface area contributed by atoms with Gasteiger partial charge in [-0.15, -0.1) is 0 Å². The van der Waals surface area contributed by atoms with Crippen LogP contribution in [0.1, 0.15) is 32.4 Å². The van der Waals surface area contributed by atoms with E-state index in [2.05, 4.69) is 5.32 Å². The average molecular weight is 290 g/mol. The second kappa shape index (κ2) is 6.98. The number of carbonyl (C=O) groups excluding carboxylic acids is 1. The van der Waals surface area contributed by atoms with Gasteiger partial charge in [-0.1, -0.05) is 29.3 Å². The minimum Gasteiger partial charge on any atom is -0.465 e. The molecule has 0 heterocycles. The lowest BCUT2D eigenvalue weighted by molar-refractivity contribution is -0.146. The summed E-state index contributed by atoms with van der Waals surface area (Å²) in [5, 5.41) is 4.13. The van der Waals surface area contributed by atoms with Crippen LogP contribution in [-0.2, 0) is 9.53 Å². The smallest absolute Gasteiger partial charge is 0.327 e. The Kier molecular flexibility index (Phi) is 5.93. The summed E-state index contributed by atoms with van der Waals surface area (Å²) in [6.45, 7) is 6.01. The quantitative estimate of drug-likeness (QED) is 0.842. The summed E-state index contributed by atoms with van der Waals surface area (Å²) >= 11 is 12.0. The van der Waals surface area contributed by atoms with Gasteiger partial charge in [-0.25, -0.2) is 4.79 Å². The zero-order valence-corrected chi connectivity index (χ0v) is 12.2. The number of esters is 1. The van der Waals surface area contributed by atoms with Crippen molar-refractivity contribution in [2.75, 3.05) is 6.61 Å². The molecule has 0 aliphatic carbocycles. The van der Waals surface area contributed by atoms with Crippen molar-refractivity contribution in [2.45, 2.75) is 32.9 Å². The highest BCUT2D eigenvalue weighted by Crippen LogP contribution is 2.27. The van der Waals surface area contributed by atoms with Crippen LogP contribution in [-0.4, -0.2) is 18.6 Å². The molecule has 0 fully saturated rings. The van der Waals surface area contributed by atoms with Crippen LogP contribution in [0, 0.1) is 0 Å². The van der Waals surface area contributed by atoms with Gasteiger partial charge in [-0.05, 0) is 38.5 Å². The molecule has 1 aromatic carbocycles. The number of rotatable bonds is 5. The Morgan fingerprint density at radius 3 is 2.56 bits per heavy atom. The highest BCUT2D eigenvalue weighted by atomic mass is 35.5. The second-order valence-corrected chi connectivity index (χ2v) is 5.02. The molecule has 3 nitrogen and oxygen atoms in total. The largest absolute Gasteiger partial charge is 0.465 e. The van der Waals surface area contributed by atoms with Crippen molar-refractivity contribution in [3.05, 3.63) is 33.8 Å². The predicted molar refractivity (Wildman–Crippen MR) is 74.1 cm³/mol. The van der Waals surface area contributed by atoms with E-state index in [9.17, 15) is 4.79 Å². The number of hydrogen-bond acceptors (Lipinski definition) is 3. The standard InChI is InChI=1S/C13H17Cl2NO2/c1-4-18-13(17)12(16-8(2)3)10-6-5-9(14)7-11(10)15/h5-8,12,16H,4H2,1-3H3. The van der Waals surface area contributed by atoms with Crippen LogP contribution in [0.2, 0.25) is 10.0 Å². The summed E-state index contributed by atoms with van der Waals surface area (Å²) in [6.07, 6.45) is 0. The van der Waals surface area contributed by atoms with Crippen molar-refractivity contribution in [3.63, 3.8) is 0 Å². The van der Waals surface area contributed by atoms with Crippen molar-refractivity contribution < 1.29 is 9.53 Å². The molecule has 0 amide bonds. The van der Waals surface area contributed by atoms with Crippen molar-refractivity contribution in [3.8, 4) is 0 Å². The second-order valence-electron chi connectivity index (χ2n) is 4.17. The summed E-state index contributed by atoms with van der Waals surface area (Å²) in [7, 11) is 0. The fourth-order valence-electron chi connectivity index (χ4n) is 1.58.